The molecule has 2 aromatic rings. The summed E-state index contributed by atoms with van der Waals surface area (Å²) in [5.74, 6) is 0. The summed E-state index contributed by atoms with van der Waals surface area (Å²) >= 11 is 8.86. The largest absolute Gasteiger partial charge is 0.312 e. The first-order valence-electron chi connectivity index (χ1n) is 6.71. The van der Waals surface area contributed by atoms with Crippen LogP contribution in [0.5, 0.6) is 0 Å². The zero-order valence-electron chi connectivity index (χ0n) is 11.9. The molecule has 110 valence electrons. The molecule has 0 saturated carbocycles. The van der Waals surface area contributed by atoms with Crippen molar-refractivity contribution in [2.24, 2.45) is 0 Å². The second-order valence-electron chi connectivity index (χ2n) is 4.86. The van der Waals surface area contributed by atoms with E-state index < -0.39 is 0 Å². The lowest BCUT2D eigenvalue weighted by Gasteiger charge is -2.13. The van der Waals surface area contributed by atoms with Gasteiger partial charge in [-0.25, -0.2) is 0 Å². The molecule has 20 heavy (non-hydrogen) atoms. The molecule has 3 nitrogen and oxygen atoms in total. The summed E-state index contributed by atoms with van der Waals surface area (Å²) in [4.78, 5) is 1.31. The lowest BCUT2D eigenvalue weighted by Crippen LogP contribution is -2.18. The van der Waals surface area contributed by atoms with Crippen LogP contribution in [-0.2, 0) is 6.42 Å². The van der Waals surface area contributed by atoms with E-state index in [0.717, 1.165) is 26.8 Å². The van der Waals surface area contributed by atoms with Gasteiger partial charge in [-0.1, -0.05) is 6.92 Å². The Balaban J connectivity index is 2.12. The van der Waals surface area contributed by atoms with Crippen molar-refractivity contribution < 1.29 is 0 Å². The molecule has 0 aliphatic heterocycles. The van der Waals surface area contributed by atoms with Crippen LogP contribution in [0.3, 0.4) is 0 Å². The summed E-state index contributed by atoms with van der Waals surface area (Å²) in [6.45, 7) is 4.38. The Morgan fingerprint density at radius 3 is 2.75 bits per heavy atom. The molecule has 2 aromatic heterocycles. The third-order valence-electron chi connectivity index (χ3n) is 3.48. The first kappa shape index (κ1) is 16.2. The van der Waals surface area contributed by atoms with Crippen molar-refractivity contribution in [1.82, 2.24) is 15.1 Å². The molecule has 2 heterocycles. The summed E-state index contributed by atoms with van der Waals surface area (Å²) in [5, 5.41) is 8.06. The number of hydrogen-bond acceptors (Lipinski definition) is 3. The van der Waals surface area contributed by atoms with Gasteiger partial charge in [-0.15, -0.1) is 11.3 Å². The van der Waals surface area contributed by atoms with Crippen molar-refractivity contribution >= 4 is 43.2 Å². The van der Waals surface area contributed by atoms with Gasteiger partial charge in [-0.2, -0.15) is 5.10 Å². The molecule has 0 radical (unpaired) electrons. The molecule has 6 heteroatoms. The Bertz CT molecular complexity index is 545. The molecular formula is C14H19Br2N3S. The quantitative estimate of drug-likeness (QED) is 0.716. The van der Waals surface area contributed by atoms with E-state index in [9.17, 15) is 0 Å². The summed E-state index contributed by atoms with van der Waals surface area (Å²) in [6.07, 6.45) is 4.08. The molecule has 0 aliphatic carbocycles. The van der Waals surface area contributed by atoms with Crippen molar-refractivity contribution in [3.05, 3.63) is 37.2 Å². The van der Waals surface area contributed by atoms with E-state index in [4.69, 9.17) is 0 Å². The number of hydrogen-bond donors (Lipinski definition) is 1. The summed E-state index contributed by atoms with van der Waals surface area (Å²) in [5.41, 5.74) is 1.13. The van der Waals surface area contributed by atoms with Crippen LogP contribution in [0.4, 0.5) is 0 Å². The van der Waals surface area contributed by atoms with Crippen molar-refractivity contribution in [3.63, 3.8) is 0 Å². The van der Waals surface area contributed by atoms with Gasteiger partial charge in [-0.3, -0.25) is 4.68 Å². The van der Waals surface area contributed by atoms with Gasteiger partial charge in [0.05, 0.1) is 9.48 Å². The molecule has 2 unspecified atom stereocenters. The fraction of sp³-hybridized carbons (Fsp3) is 0.500. The van der Waals surface area contributed by atoms with Gasteiger partial charge in [0.25, 0.3) is 0 Å². The predicted molar refractivity (Wildman–Crippen MR) is 92.5 cm³/mol. The topological polar surface area (TPSA) is 29.9 Å². The number of nitrogens with zero attached hydrogens (tertiary/aromatic N) is 2. The molecule has 2 atom stereocenters. The van der Waals surface area contributed by atoms with Gasteiger partial charge in [0.1, 0.15) is 0 Å². The summed E-state index contributed by atoms with van der Waals surface area (Å²) in [7, 11) is 2.00. The first-order chi connectivity index (χ1) is 9.55. The lowest BCUT2D eigenvalue weighted by molar-refractivity contribution is 0.469. The van der Waals surface area contributed by atoms with Gasteiger partial charge in [0, 0.05) is 34.1 Å². The van der Waals surface area contributed by atoms with Crippen LogP contribution >= 0.6 is 43.2 Å². The standard InChI is InChI=1S/C14H19Br2N3S/c1-4-9(2)19-6-5-10(18-19)7-12(17-3)13-8-11(15)14(16)20-13/h5-6,8-9,12,17H,4,7H2,1-3H3. The third kappa shape index (κ3) is 3.72. The molecule has 0 saturated heterocycles. The molecular weight excluding hydrogens is 402 g/mol. The van der Waals surface area contributed by atoms with Crippen LogP contribution in [0.25, 0.3) is 0 Å². The van der Waals surface area contributed by atoms with E-state index in [0.29, 0.717) is 12.1 Å². The zero-order valence-corrected chi connectivity index (χ0v) is 15.8. The molecule has 0 bridgehead atoms. The highest BCUT2D eigenvalue weighted by atomic mass is 79.9. The highest BCUT2D eigenvalue weighted by Crippen LogP contribution is 2.36. The van der Waals surface area contributed by atoms with E-state index in [1.54, 1.807) is 11.3 Å². The van der Waals surface area contributed by atoms with Crippen molar-refractivity contribution in [1.29, 1.82) is 0 Å². The predicted octanol–water partition coefficient (Wildman–Crippen LogP) is 4.94. The molecule has 2 rings (SSSR count). The monoisotopic (exact) mass is 419 g/mol. The van der Waals surface area contributed by atoms with E-state index in [1.165, 1.54) is 4.88 Å². The Hall–Kier alpha value is -0.170. The number of likely N-dealkylation sites (N-methyl/N-ethyl adjacent to an activating group) is 1. The van der Waals surface area contributed by atoms with Gasteiger partial charge in [0.2, 0.25) is 0 Å². The third-order valence-corrected chi connectivity index (χ3v) is 6.85. The molecule has 0 fully saturated rings. The van der Waals surface area contributed by atoms with Crippen molar-refractivity contribution in [2.45, 2.75) is 38.8 Å². The number of rotatable bonds is 6. The second kappa shape index (κ2) is 7.20. The van der Waals surface area contributed by atoms with Crippen molar-refractivity contribution in [2.75, 3.05) is 7.05 Å². The fourth-order valence-corrected chi connectivity index (χ4v) is 4.21. The minimum atomic E-state index is 0.294. The number of nitrogens with one attached hydrogen (secondary N) is 1. The maximum Gasteiger partial charge on any atom is 0.0843 e. The minimum absolute atomic E-state index is 0.294. The maximum absolute atomic E-state index is 4.68. The van der Waals surface area contributed by atoms with Crippen LogP contribution in [0, 0.1) is 0 Å². The van der Waals surface area contributed by atoms with Gasteiger partial charge in [0.15, 0.2) is 0 Å². The highest BCUT2D eigenvalue weighted by Gasteiger charge is 2.16. The normalized spacial score (nSPS) is 14.4. The van der Waals surface area contributed by atoms with Crippen LogP contribution in [-0.4, -0.2) is 16.8 Å². The van der Waals surface area contributed by atoms with Crippen molar-refractivity contribution in [3.8, 4) is 0 Å². The smallest absolute Gasteiger partial charge is 0.0843 e. The molecule has 0 aromatic carbocycles. The van der Waals surface area contributed by atoms with Gasteiger partial charge >= 0.3 is 0 Å². The Labute approximate surface area is 141 Å². The molecule has 0 amide bonds. The van der Waals surface area contributed by atoms with E-state index in [-0.39, 0.29) is 0 Å². The summed E-state index contributed by atoms with van der Waals surface area (Å²) in [6, 6.07) is 5.04. The van der Waals surface area contributed by atoms with E-state index in [2.05, 4.69) is 79.1 Å². The number of thiophene rings is 1. The fourth-order valence-electron chi connectivity index (χ4n) is 2.01. The van der Waals surface area contributed by atoms with Gasteiger partial charge < -0.3 is 5.32 Å². The van der Waals surface area contributed by atoms with Crippen LogP contribution in [0.1, 0.15) is 42.9 Å². The average molecular weight is 421 g/mol. The SMILES string of the molecule is CCC(C)n1ccc(CC(NC)c2cc(Br)c(Br)s2)n1. The second-order valence-corrected chi connectivity index (χ2v) is 8.12. The lowest BCUT2D eigenvalue weighted by atomic mass is 10.1. The zero-order chi connectivity index (χ0) is 14.7. The Morgan fingerprint density at radius 1 is 1.45 bits per heavy atom. The summed E-state index contributed by atoms with van der Waals surface area (Å²) < 4.78 is 4.31. The Kier molecular flexibility index (Phi) is 5.84. The van der Waals surface area contributed by atoms with E-state index in [1.807, 2.05) is 7.05 Å². The van der Waals surface area contributed by atoms with Crippen LogP contribution in [0.15, 0.2) is 26.6 Å². The van der Waals surface area contributed by atoms with Gasteiger partial charge in [-0.05, 0) is 64.4 Å². The number of aromatic nitrogens is 2. The number of halogens is 2. The van der Waals surface area contributed by atoms with E-state index >= 15 is 0 Å². The van der Waals surface area contributed by atoms with Crippen LogP contribution in [0.2, 0.25) is 0 Å². The first-order valence-corrected chi connectivity index (χ1v) is 9.11. The Morgan fingerprint density at radius 2 is 2.20 bits per heavy atom. The molecule has 0 aliphatic rings. The maximum atomic E-state index is 4.68. The van der Waals surface area contributed by atoms with Crippen LogP contribution < -0.4 is 5.32 Å². The highest BCUT2D eigenvalue weighted by molar-refractivity contribution is 9.13. The minimum Gasteiger partial charge on any atom is -0.312 e. The molecule has 0 spiro atoms. The molecule has 1 N–H and O–H groups in total. The average Bonchev–Trinajstić information content (AvgIpc) is 3.03.